The third kappa shape index (κ3) is 1.64. The lowest BCUT2D eigenvalue weighted by atomic mass is 10.0. The lowest BCUT2D eigenvalue weighted by molar-refractivity contribution is -0.148. The zero-order valence-corrected chi connectivity index (χ0v) is 8.56. The van der Waals surface area contributed by atoms with Crippen LogP contribution in [0, 0.1) is 0 Å². The predicted octanol–water partition coefficient (Wildman–Crippen LogP) is -0.630. The molecule has 0 aliphatic heterocycles. The minimum Gasteiger partial charge on any atom is -0.479 e. The first kappa shape index (κ1) is 10.3. The first-order valence-corrected chi connectivity index (χ1v) is 4.57. The zero-order chi connectivity index (χ0) is 11.6. The van der Waals surface area contributed by atoms with Crippen molar-refractivity contribution in [2.24, 2.45) is 0 Å². The van der Waals surface area contributed by atoms with Gasteiger partial charge in [0.2, 0.25) is 0 Å². The van der Waals surface area contributed by atoms with Crippen LogP contribution in [0.4, 0.5) is 0 Å². The third-order valence-corrected chi connectivity index (χ3v) is 2.33. The molecule has 1 atom stereocenters. The van der Waals surface area contributed by atoms with Gasteiger partial charge in [0.15, 0.2) is 5.54 Å². The van der Waals surface area contributed by atoms with Crippen LogP contribution in [0.5, 0.6) is 0 Å². The standard InChI is InChI=1S/C8H10N6O2/c1-8(7(15)16,14-5-3-10-12-14)6-13-4-2-9-11-13/h2-5H,6H2,1H3,(H,15,16). The summed E-state index contributed by atoms with van der Waals surface area (Å²) in [6.07, 6.45) is 6.02. The smallest absolute Gasteiger partial charge is 0.333 e. The van der Waals surface area contributed by atoms with Gasteiger partial charge in [0, 0.05) is 12.4 Å². The number of carbonyl (C=O) groups is 1. The number of carboxylic acids is 1. The monoisotopic (exact) mass is 222 g/mol. The second-order valence-corrected chi connectivity index (χ2v) is 3.53. The molecule has 1 unspecified atom stereocenters. The van der Waals surface area contributed by atoms with E-state index in [4.69, 9.17) is 0 Å². The molecule has 1 N–H and O–H groups in total. The van der Waals surface area contributed by atoms with Crippen LogP contribution in [0.2, 0.25) is 0 Å². The van der Waals surface area contributed by atoms with E-state index in [2.05, 4.69) is 20.6 Å². The molecule has 8 nitrogen and oxygen atoms in total. The summed E-state index contributed by atoms with van der Waals surface area (Å²) in [5.74, 6) is -1.01. The molecule has 0 radical (unpaired) electrons. The molecular weight excluding hydrogens is 212 g/mol. The van der Waals surface area contributed by atoms with Crippen molar-refractivity contribution in [2.45, 2.75) is 19.0 Å². The van der Waals surface area contributed by atoms with Gasteiger partial charge in [-0.1, -0.05) is 10.4 Å². The second kappa shape index (κ2) is 3.72. The molecule has 0 bridgehead atoms. The average molecular weight is 222 g/mol. The summed E-state index contributed by atoms with van der Waals surface area (Å²) in [6, 6.07) is 0. The summed E-state index contributed by atoms with van der Waals surface area (Å²) in [6.45, 7) is 1.68. The van der Waals surface area contributed by atoms with Crippen LogP contribution in [0.3, 0.4) is 0 Å². The maximum atomic E-state index is 11.3. The highest BCUT2D eigenvalue weighted by molar-refractivity contribution is 5.75. The van der Waals surface area contributed by atoms with E-state index in [1.807, 2.05) is 0 Å². The number of hydrogen-bond acceptors (Lipinski definition) is 5. The first-order valence-electron chi connectivity index (χ1n) is 4.57. The SMILES string of the molecule is CC(Cn1ccnn1)(C(=O)O)n1ccnn1. The minimum atomic E-state index is -1.23. The molecule has 8 heteroatoms. The minimum absolute atomic E-state index is 0.131. The van der Waals surface area contributed by atoms with Crippen molar-refractivity contribution in [3.05, 3.63) is 24.8 Å². The fourth-order valence-electron chi connectivity index (χ4n) is 1.34. The average Bonchev–Trinajstić information content (AvgIpc) is 2.88. The Hall–Kier alpha value is -2.25. The van der Waals surface area contributed by atoms with E-state index >= 15 is 0 Å². The van der Waals surface area contributed by atoms with E-state index < -0.39 is 11.5 Å². The first-order chi connectivity index (χ1) is 7.63. The van der Waals surface area contributed by atoms with Crippen molar-refractivity contribution >= 4 is 5.97 Å². The summed E-state index contributed by atoms with van der Waals surface area (Å²) in [7, 11) is 0. The maximum Gasteiger partial charge on any atom is 0.333 e. The van der Waals surface area contributed by atoms with Gasteiger partial charge in [0.05, 0.1) is 18.9 Å². The van der Waals surface area contributed by atoms with Crippen molar-refractivity contribution < 1.29 is 9.90 Å². The van der Waals surface area contributed by atoms with Gasteiger partial charge >= 0.3 is 5.97 Å². The Labute approximate surface area is 90.5 Å². The molecule has 0 spiro atoms. The fraction of sp³-hybridized carbons (Fsp3) is 0.375. The Morgan fingerprint density at radius 2 is 2.00 bits per heavy atom. The lowest BCUT2D eigenvalue weighted by Crippen LogP contribution is -2.43. The van der Waals surface area contributed by atoms with Crippen molar-refractivity contribution in [3.63, 3.8) is 0 Å². The topological polar surface area (TPSA) is 98.7 Å². The van der Waals surface area contributed by atoms with Crippen LogP contribution < -0.4 is 0 Å². The molecule has 2 aromatic rings. The Morgan fingerprint density at radius 3 is 2.50 bits per heavy atom. The molecule has 2 aromatic heterocycles. The van der Waals surface area contributed by atoms with Crippen LogP contribution in [-0.2, 0) is 16.9 Å². The molecule has 0 aliphatic carbocycles. The lowest BCUT2D eigenvalue weighted by Gasteiger charge is -2.24. The Morgan fingerprint density at radius 1 is 1.31 bits per heavy atom. The quantitative estimate of drug-likeness (QED) is 0.739. The Kier molecular flexibility index (Phi) is 2.39. The predicted molar refractivity (Wildman–Crippen MR) is 51.3 cm³/mol. The van der Waals surface area contributed by atoms with Gasteiger partial charge in [-0.3, -0.25) is 0 Å². The highest BCUT2D eigenvalue weighted by Gasteiger charge is 2.37. The molecule has 0 amide bonds. The second-order valence-electron chi connectivity index (χ2n) is 3.53. The molecule has 2 heterocycles. The number of rotatable bonds is 4. The summed E-state index contributed by atoms with van der Waals surface area (Å²) in [4.78, 5) is 11.3. The third-order valence-electron chi connectivity index (χ3n) is 2.33. The molecule has 0 saturated carbocycles. The van der Waals surface area contributed by atoms with Crippen molar-refractivity contribution in [2.75, 3.05) is 0 Å². The summed E-state index contributed by atoms with van der Waals surface area (Å²) >= 11 is 0. The summed E-state index contributed by atoms with van der Waals surface area (Å²) in [5.41, 5.74) is -1.23. The maximum absolute atomic E-state index is 11.3. The molecule has 0 fully saturated rings. The molecule has 2 rings (SSSR count). The van der Waals surface area contributed by atoms with Gasteiger partial charge in [-0.15, -0.1) is 10.2 Å². The van der Waals surface area contributed by atoms with Crippen LogP contribution in [-0.4, -0.2) is 41.1 Å². The summed E-state index contributed by atoms with van der Waals surface area (Å²) in [5, 5.41) is 23.9. The van der Waals surface area contributed by atoms with Crippen molar-refractivity contribution in [1.29, 1.82) is 0 Å². The molecular formula is C8H10N6O2. The Bertz CT molecular complexity index is 465. The van der Waals surface area contributed by atoms with Crippen LogP contribution in [0.15, 0.2) is 24.8 Å². The number of nitrogens with zero attached hydrogens (tertiary/aromatic N) is 6. The van der Waals surface area contributed by atoms with Crippen molar-refractivity contribution in [3.8, 4) is 0 Å². The van der Waals surface area contributed by atoms with Gasteiger partial charge in [-0.25, -0.2) is 14.2 Å². The molecule has 0 aliphatic rings. The van der Waals surface area contributed by atoms with Gasteiger partial charge in [-0.2, -0.15) is 0 Å². The highest BCUT2D eigenvalue weighted by atomic mass is 16.4. The van der Waals surface area contributed by atoms with Gasteiger partial charge < -0.3 is 5.11 Å². The number of aliphatic carboxylic acids is 1. The van der Waals surface area contributed by atoms with Gasteiger partial charge in [-0.05, 0) is 6.92 Å². The largest absolute Gasteiger partial charge is 0.479 e. The molecule has 0 aromatic carbocycles. The van der Waals surface area contributed by atoms with Gasteiger partial charge in [0.1, 0.15) is 0 Å². The molecule has 16 heavy (non-hydrogen) atoms. The normalized spacial score (nSPS) is 14.6. The van der Waals surface area contributed by atoms with E-state index in [0.717, 1.165) is 0 Å². The Balaban J connectivity index is 2.33. The van der Waals surface area contributed by atoms with E-state index in [1.54, 1.807) is 13.1 Å². The van der Waals surface area contributed by atoms with Crippen LogP contribution in [0.25, 0.3) is 0 Å². The van der Waals surface area contributed by atoms with E-state index in [-0.39, 0.29) is 6.54 Å². The molecule has 0 saturated heterocycles. The van der Waals surface area contributed by atoms with Gasteiger partial charge in [0.25, 0.3) is 0 Å². The van der Waals surface area contributed by atoms with E-state index in [9.17, 15) is 9.90 Å². The number of carboxylic acid groups (broad SMARTS) is 1. The summed E-state index contributed by atoms with van der Waals surface area (Å²) < 4.78 is 2.73. The number of aromatic nitrogens is 6. The highest BCUT2D eigenvalue weighted by Crippen LogP contribution is 2.16. The number of hydrogen-bond donors (Lipinski definition) is 1. The van der Waals surface area contributed by atoms with Crippen LogP contribution >= 0.6 is 0 Å². The van der Waals surface area contributed by atoms with Crippen LogP contribution in [0.1, 0.15) is 6.92 Å². The molecule has 84 valence electrons. The van der Waals surface area contributed by atoms with E-state index in [0.29, 0.717) is 0 Å². The fourth-order valence-corrected chi connectivity index (χ4v) is 1.34. The zero-order valence-electron chi connectivity index (χ0n) is 8.56. The van der Waals surface area contributed by atoms with Crippen molar-refractivity contribution in [1.82, 2.24) is 30.0 Å². The van der Waals surface area contributed by atoms with E-state index in [1.165, 1.54) is 28.0 Å².